The number of rotatable bonds is 20. The van der Waals surface area contributed by atoms with Crippen LogP contribution in [0.2, 0.25) is 10.0 Å². The zero-order valence-electron chi connectivity index (χ0n) is 66.2. The van der Waals surface area contributed by atoms with Crippen molar-refractivity contribution < 1.29 is 155 Å². The molecule has 8 heterocycles. The molecule has 24 N–H and O–H groups in total. The van der Waals surface area contributed by atoms with E-state index in [0.717, 1.165) is 84.9 Å². The second-order valence-corrected chi connectivity index (χ2v) is 32.0. The first-order valence-corrected chi connectivity index (χ1v) is 39.4. The summed E-state index contributed by atoms with van der Waals surface area (Å²) in [5.41, 5.74) is 8.01. The van der Waals surface area contributed by atoms with E-state index in [-0.39, 0.29) is 42.0 Å². The van der Waals surface area contributed by atoms with Crippen LogP contribution in [0.15, 0.2) is 103 Å². The summed E-state index contributed by atoms with van der Waals surface area (Å²) in [7, 11) is 1.44. The number of phenols is 3. The number of phenolic OH excluding ortho intramolecular Hbond substituents is 3. The van der Waals surface area contributed by atoms with Crippen molar-refractivity contribution in [1.29, 1.82) is 0 Å². The molecule has 14 rings (SSSR count). The number of ether oxygens (including phenoxy) is 9. The van der Waals surface area contributed by atoms with Gasteiger partial charge in [-0.05, 0) is 128 Å². The number of carboxylic acids is 1. The van der Waals surface area contributed by atoms with E-state index in [0.29, 0.717) is 0 Å². The Kier molecular flexibility index (Phi) is 28.4. The van der Waals surface area contributed by atoms with E-state index in [4.69, 9.17) is 72.6 Å². The van der Waals surface area contributed by atoms with Crippen LogP contribution in [0.4, 0.5) is 13.2 Å². The van der Waals surface area contributed by atoms with Gasteiger partial charge in [-0.1, -0.05) is 67.4 Å². The predicted octanol–water partition coefficient (Wildman–Crippen LogP) is 0.626. The number of primary amides is 1. The minimum absolute atomic E-state index is 0.146. The van der Waals surface area contributed by atoms with E-state index < -0.39 is 303 Å². The molecule has 3 saturated heterocycles. The number of nitrogens with one attached hydrogen (secondary N) is 8. The number of nitrogens with two attached hydrogens (primary N) is 2. The number of aliphatic hydroxyl groups excluding tert-OH is 8. The van der Waals surface area contributed by atoms with Crippen molar-refractivity contribution in [3.8, 4) is 62.9 Å². The average Bonchev–Trinajstić information content (AvgIpc) is 0.764. The Hall–Kier alpha value is -10.6. The molecule has 8 aliphatic heterocycles. The highest BCUT2D eigenvalue weighted by Gasteiger charge is 2.53. The summed E-state index contributed by atoms with van der Waals surface area (Å²) in [4.78, 5) is 120. The highest BCUT2D eigenvalue weighted by molar-refractivity contribution is 6.32. The lowest BCUT2D eigenvalue weighted by Gasteiger charge is -2.46. The highest BCUT2D eigenvalue weighted by Crippen LogP contribution is 2.50. The van der Waals surface area contributed by atoms with Crippen molar-refractivity contribution in [2.45, 2.75) is 200 Å². The molecule has 670 valence electrons. The summed E-state index contributed by atoms with van der Waals surface area (Å²) < 4.78 is 94.0. The molecule has 0 aliphatic carbocycles. The molecule has 2 unspecified atom stereocenters. The lowest BCUT2D eigenvalue weighted by Crippen LogP contribution is -2.65. The van der Waals surface area contributed by atoms with E-state index in [1.54, 1.807) is 13.8 Å². The summed E-state index contributed by atoms with van der Waals surface area (Å²) in [6.07, 6.45) is -35.4. The number of aliphatic hydroxyl groups is 8. The number of hydrogen-bond acceptors (Lipinski definition) is 31. The predicted molar refractivity (Wildman–Crippen MR) is 420 cm³/mol. The maximum atomic E-state index is 16.4. The molecule has 11 bridgehead atoms. The summed E-state index contributed by atoms with van der Waals surface area (Å²) in [6.45, 7) is 4.69. The first kappa shape index (κ1) is 92.6. The number of hydrogen-bond donors (Lipinski definition) is 22. The molecule has 23 atom stereocenters. The fraction of sp³-hybridized carbons (Fsp3) is 0.450. The van der Waals surface area contributed by atoms with Crippen molar-refractivity contribution in [3.05, 3.63) is 147 Å². The van der Waals surface area contributed by atoms with Gasteiger partial charge in [0.05, 0.1) is 41.3 Å². The molecule has 44 heteroatoms. The normalized spacial score (nSPS) is 30.0. The summed E-state index contributed by atoms with van der Waals surface area (Å²) in [5, 5.41) is 158. The van der Waals surface area contributed by atoms with Crippen LogP contribution in [0.25, 0.3) is 11.1 Å². The summed E-state index contributed by atoms with van der Waals surface area (Å²) in [6, 6.07) is 3.28. The Morgan fingerprint density at radius 3 is 1.94 bits per heavy atom. The van der Waals surface area contributed by atoms with Gasteiger partial charge < -0.3 is 158 Å². The molecule has 124 heavy (non-hydrogen) atoms. The van der Waals surface area contributed by atoms with E-state index in [9.17, 15) is 88.8 Å². The standard InChI is InChI=1S/C80H91Cl2F3N10O29/c1-29(2)15-42(88-5)70(108)94-58-60(101)33-10-13-46(40(81)18-33)117-48-20-35-21-49(67(48)122-78-65(106)63(104)68(51(28-96)120-78)123-77-64(105)62(103)61(102)50(119-77)27-89-26-31-7-6-8-37(16-31)124-80(83,84)85)118-47-14-11-34(19-41(47)82)66(121-53-25-79(4,87)69(107)30(3)116-53)59-75(113)93-57(76(114)115)39-22-36(97)23-45(99)54(39)38-17-32(9-12-44(38)98)55(72(110)95-59)92-73(111)56(35)91-71(109)43(24-52(86)100)90-74(58)112/h6-14,16-23,29-30,42-43,50-51,53,55-66,68-69,77-78,88-89,96-99,101-107H,15,24-28,87H2,1-5H3,(H2,86,100)(H,90,112)(H,91,109)(H,92,111)(H,93,113)(H,94,108)(H,95,110)(H,114,115)/t30-,42+,43-,50+,51+,53?,55+,56+,57+,58?,59-,60+,61-,62-,63+,64+,65+,66+,68+,69-,77-,78-,79-/m0/s1. The molecule has 0 saturated carbocycles. The second kappa shape index (κ2) is 38.1. The van der Waals surface area contributed by atoms with Crippen LogP contribution in [-0.4, -0.2) is 245 Å². The van der Waals surface area contributed by atoms with Crippen LogP contribution >= 0.6 is 23.2 Å². The van der Waals surface area contributed by atoms with E-state index in [1.807, 2.05) is 0 Å². The lowest BCUT2D eigenvalue weighted by atomic mass is 9.86. The molecule has 0 aromatic heterocycles. The van der Waals surface area contributed by atoms with Gasteiger partial charge in [0.2, 0.25) is 53.4 Å². The first-order valence-electron chi connectivity index (χ1n) is 38.7. The van der Waals surface area contributed by atoms with Gasteiger partial charge in [-0.2, -0.15) is 0 Å². The number of carboxylic acid groups (broad SMARTS) is 1. The second-order valence-electron chi connectivity index (χ2n) is 31.2. The van der Waals surface area contributed by atoms with Gasteiger partial charge >= 0.3 is 12.3 Å². The number of halogens is 5. The SMILES string of the molecule is CN[C@H](CC(C)C)C(=O)NC1C(=O)N[C@@H](CC(N)=O)C(=O)N[C@H]2C(=O)N[C@H]3C(=O)N[C@H](C(=O)N[C@@H](C(=O)O)c4cc(O)cc(O)c4-c4cc3ccc4O)[C@H](OC3C[C@](C)(N)[C@@H](O)[C@H](C)O3)c3ccc(c(Cl)c3)Oc3cc2cc(c3O[C@@H]2O[C@H](CO)[C@@H](O[C@@H]3O[C@H](CNCc4cccc(OC(F)(F)F)c4)[C@H](O)[C@H](O)[C@H]3O)[C@H](O)[C@H]2O)Oc2ccc(cc2Cl)[C@H]1O. The van der Waals surface area contributed by atoms with Crippen molar-refractivity contribution in [3.63, 3.8) is 0 Å². The number of carbonyl (C=O) groups is 8. The van der Waals surface area contributed by atoms with Crippen molar-refractivity contribution in [1.82, 2.24) is 42.5 Å². The maximum absolute atomic E-state index is 16.4. The molecule has 6 aromatic carbocycles. The van der Waals surface area contributed by atoms with Gasteiger partial charge in [-0.25, -0.2) is 4.79 Å². The number of aliphatic carboxylic acids is 1. The number of carbonyl (C=O) groups excluding carboxylic acids is 7. The quantitative estimate of drug-likeness (QED) is 0.0498. The van der Waals surface area contributed by atoms with Crippen LogP contribution in [0, 0.1) is 5.92 Å². The third kappa shape index (κ3) is 20.7. The van der Waals surface area contributed by atoms with Gasteiger partial charge in [0.15, 0.2) is 30.1 Å². The molecule has 8 aliphatic rings. The molecule has 7 amide bonds. The van der Waals surface area contributed by atoms with E-state index in [1.165, 1.54) is 39.1 Å². The molecule has 0 radical (unpaired) electrons. The van der Waals surface area contributed by atoms with Gasteiger partial charge in [0.1, 0.15) is 126 Å². The van der Waals surface area contributed by atoms with Gasteiger partial charge in [-0.15, -0.1) is 13.2 Å². The largest absolute Gasteiger partial charge is 0.573 e. The van der Waals surface area contributed by atoms with Crippen LogP contribution in [0.1, 0.15) is 111 Å². The van der Waals surface area contributed by atoms with Crippen LogP contribution < -0.4 is 72.9 Å². The number of benzene rings is 6. The van der Waals surface area contributed by atoms with Crippen LogP contribution in [0.3, 0.4) is 0 Å². The Balaban J connectivity index is 1.03. The molecule has 0 spiro atoms. The fourth-order valence-corrected chi connectivity index (χ4v) is 15.7. The lowest BCUT2D eigenvalue weighted by molar-refractivity contribution is -0.350. The molecule has 3 fully saturated rings. The van der Waals surface area contributed by atoms with Crippen LogP contribution in [-0.2, 0) is 68.6 Å². The molecular weight excluding hydrogens is 1690 g/mol. The van der Waals surface area contributed by atoms with Gasteiger partial charge in [-0.3, -0.25) is 33.6 Å². The number of likely N-dealkylation sites (N-methyl/N-ethyl adjacent to an activating group) is 1. The Morgan fingerprint density at radius 2 is 1.31 bits per heavy atom. The number of fused-ring (bicyclic) bond motifs is 15. The molecular formula is C80H91Cl2F3N10O29. The molecule has 39 nitrogen and oxygen atoms in total. The Bertz CT molecular complexity index is 5020. The van der Waals surface area contributed by atoms with Crippen molar-refractivity contribution >= 4 is 70.5 Å². The Morgan fingerprint density at radius 1 is 0.677 bits per heavy atom. The van der Waals surface area contributed by atoms with Crippen molar-refractivity contribution in [2.75, 3.05) is 20.2 Å². The first-order chi connectivity index (χ1) is 58.5. The zero-order chi connectivity index (χ0) is 90.2. The number of amides is 7. The summed E-state index contributed by atoms with van der Waals surface area (Å²) >= 11 is 14.4. The average molecular weight is 1780 g/mol. The summed E-state index contributed by atoms with van der Waals surface area (Å²) in [5.74, 6) is -17.7. The van der Waals surface area contributed by atoms with Gasteiger partial charge in [0, 0.05) is 47.8 Å². The van der Waals surface area contributed by atoms with E-state index in [2.05, 4.69) is 47.3 Å². The minimum Gasteiger partial charge on any atom is -0.508 e. The monoisotopic (exact) mass is 1780 g/mol. The topological polar surface area (TPSA) is 611 Å². The number of alkyl halides is 3. The minimum atomic E-state index is -5.02. The Labute approximate surface area is 712 Å². The smallest absolute Gasteiger partial charge is 0.508 e. The third-order valence-electron chi connectivity index (χ3n) is 21.5. The third-order valence-corrected chi connectivity index (χ3v) is 22.1. The molecule has 6 aromatic rings. The maximum Gasteiger partial charge on any atom is 0.573 e. The van der Waals surface area contributed by atoms with E-state index >= 15 is 24.0 Å². The number of aromatic hydroxyl groups is 3. The fourth-order valence-electron chi connectivity index (χ4n) is 15.2. The van der Waals surface area contributed by atoms with Crippen LogP contribution in [0.5, 0.6) is 51.7 Å². The van der Waals surface area contributed by atoms with Crippen molar-refractivity contribution in [2.24, 2.45) is 17.4 Å². The zero-order valence-corrected chi connectivity index (χ0v) is 67.7. The van der Waals surface area contributed by atoms with Gasteiger partial charge in [0.25, 0.3) is 0 Å². The highest BCUT2D eigenvalue weighted by atomic mass is 35.5.